The molecule has 34 heavy (non-hydrogen) atoms. The molecule has 2 atom stereocenters. The van der Waals surface area contributed by atoms with Crippen LogP contribution in [0.25, 0.3) is 11.1 Å². The Hall–Kier alpha value is -3.75. The van der Waals surface area contributed by atoms with Gasteiger partial charge in [-0.05, 0) is 54.3 Å². The van der Waals surface area contributed by atoms with Crippen molar-refractivity contribution >= 4 is 29.4 Å². The second-order valence-corrected chi connectivity index (χ2v) is 7.76. The fraction of sp³-hybridized carbons (Fsp3) is 0.200. The van der Waals surface area contributed by atoms with Gasteiger partial charge in [0.25, 0.3) is 5.91 Å². The van der Waals surface area contributed by atoms with E-state index >= 15 is 0 Å². The van der Waals surface area contributed by atoms with E-state index in [0.29, 0.717) is 21.7 Å². The van der Waals surface area contributed by atoms with E-state index in [2.05, 4.69) is 10.3 Å². The smallest absolute Gasteiger partial charge is 0.337 e. The highest BCUT2D eigenvalue weighted by molar-refractivity contribution is 6.31. The number of carboxylic acid groups (broad SMARTS) is 1. The summed E-state index contributed by atoms with van der Waals surface area (Å²) >= 11 is 6.23. The Bertz CT molecular complexity index is 1200. The number of esters is 1. The summed E-state index contributed by atoms with van der Waals surface area (Å²) in [7, 11) is 0. The predicted molar refractivity (Wildman–Crippen MR) is 126 cm³/mol. The molecule has 0 radical (unpaired) electrons. The van der Waals surface area contributed by atoms with Gasteiger partial charge in [0.1, 0.15) is 5.69 Å². The molecule has 0 aliphatic rings. The van der Waals surface area contributed by atoms with Crippen LogP contribution in [0.2, 0.25) is 5.02 Å². The monoisotopic (exact) mass is 482 g/mol. The van der Waals surface area contributed by atoms with Gasteiger partial charge in [-0.2, -0.15) is 0 Å². The van der Waals surface area contributed by atoms with E-state index in [4.69, 9.17) is 16.3 Å². The average molecular weight is 483 g/mol. The molecule has 3 aromatic rings. The van der Waals surface area contributed by atoms with Crippen molar-refractivity contribution < 1.29 is 29.3 Å². The first-order valence-electron chi connectivity index (χ1n) is 10.5. The third-order valence-electron chi connectivity index (χ3n) is 5.08. The Kier molecular flexibility index (Phi) is 8.34. The van der Waals surface area contributed by atoms with Gasteiger partial charge in [0.2, 0.25) is 0 Å². The van der Waals surface area contributed by atoms with E-state index in [1.807, 2.05) is 0 Å². The van der Waals surface area contributed by atoms with Gasteiger partial charge in [-0.1, -0.05) is 48.0 Å². The lowest BCUT2D eigenvalue weighted by Gasteiger charge is -2.23. The molecule has 1 amide bonds. The van der Waals surface area contributed by atoms with Crippen molar-refractivity contribution in [2.75, 3.05) is 6.61 Å². The first-order valence-corrected chi connectivity index (χ1v) is 10.9. The number of hydrogen-bond donors (Lipinski definition) is 3. The summed E-state index contributed by atoms with van der Waals surface area (Å²) in [5.74, 6) is -2.64. The van der Waals surface area contributed by atoms with Crippen molar-refractivity contribution in [2.24, 2.45) is 0 Å². The van der Waals surface area contributed by atoms with Crippen LogP contribution in [-0.4, -0.2) is 51.8 Å². The maximum Gasteiger partial charge on any atom is 0.337 e. The van der Waals surface area contributed by atoms with Gasteiger partial charge >= 0.3 is 11.9 Å². The molecule has 3 rings (SSSR count). The first kappa shape index (κ1) is 24.9. The summed E-state index contributed by atoms with van der Waals surface area (Å²) in [5.41, 5.74) is 1.58. The molecule has 2 aromatic carbocycles. The maximum absolute atomic E-state index is 13.0. The second kappa shape index (κ2) is 11.4. The van der Waals surface area contributed by atoms with Crippen LogP contribution in [0.1, 0.15) is 33.3 Å². The topological polar surface area (TPSA) is 126 Å². The number of nitrogens with one attached hydrogen (secondary N) is 1. The zero-order valence-electron chi connectivity index (χ0n) is 18.3. The Morgan fingerprint density at radius 2 is 1.79 bits per heavy atom. The van der Waals surface area contributed by atoms with Gasteiger partial charge in [-0.15, -0.1) is 0 Å². The van der Waals surface area contributed by atoms with Crippen molar-refractivity contribution in [1.29, 1.82) is 0 Å². The van der Waals surface area contributed by atoms with Gasteiger partial charge < -0.3 is 20.3 Å². The van der Waals surface area contributed by atoms with Crippen molar-refractivity contribution in [3.05, 3.63) is 88.7 Å². The van der Waals surface area contributed by atoms with Crippen molar-refractivity contribution in [3.8, 4) is 11.1 Å². The lowest BCUT2D eigenvalue weighted by atomic mass is 9.99. The predicted octanol–water partition coefficient (Wildman–Crippen LogP) is 3.37. The minimum absolute atomic E-state index is 0.0158. The van der Waals surface area contributed by atoms with Gasteiger partial charge in [0.05, 0.1) is 18.2 Å². The summed E-state index contributed by atoms with van der Waals surface area (Å²) in [6.07, 6.45) is -0.197. The summed E-state index contributed by atoms with van der Waals surface area (Å²) in [6, 6.07) is 15.3. The number of pyridine rings is 1. The minimum Gasteiger partial charge on any atom is -0.478 e. The molecule has 0 bridgehead atoms. The molecule has 0 spiro atoms. The molecule has 0 aliphatic heterocycles. The molecule has 1 heterocycles. The standard InChI is InChI=1S/C25H23ClN2O6/c1-2-34-25(33)22(29)20(14-16-7-3-6-10-19(16)26)28-23(30)21-13-15(11-12-27-21)17-8-4-5-9-18(17)24(31)32/h3-13,20,22,29H,2,14H2,1H3,(H,28,30)(H,31,32). The summed E-state index contributed by atoms with van der Waals surface area (Å²) < 4.78 is 4.91. The number of carbonyl (C=O) groups is 3. The van der Waals surface area contributed by atoms with Crippen LogP contribution in [0.4, 0.5) is 0 Å². The highest BCUT2D eigenvalue weighted by Gasteiger charge is 2.30. The molecule has 0 aliphatic carbocycles. The van der Waals surface area contributed by atoms with Crippen molar-refractivity contribution in [2.45, 2.75) is 25.5 Å². The van der Waals surface area contributed by atoms with E-state index in [1.165, 1.54) is 18.3 Å². The number of carboxylic acids is 1. The van der Waals surface area contributed by atoms with E-state index in [0.717, 1.165) is 0 Å². The molecule has 9 heteroatoms. The highest BCUT2D eigenvalue weighted by Crippen LogP contribution is 2.24. The quantitative estimate of drug-likeness (QED) is 0.399. The number of carbonyl (C=O) groups excluding carboxylic acids is 2. The summed E-state index contributed by atoms with van der Waals surface area (Å²) in [4.78, 5) is 40.9. The Balaban J connectivity index is 1.89. The number of amides is 1. The summed E-state index contributed by atoms with van der Waals surface area (Å²) in [5, 5.41) is 23.1. The van der Waals surface area contributed by atoms with E-state index < -0.39 is 30.0 Å². The number of aromatic nitrogens is 1. The van der Waals surface area contributed by atoms with Crippen LogP contribution in [0, 0.1) is 0 Å². The van der Waals surface area contributed by atoms with Crippen LogP contribution in [0.3, 0.4) is 0 Å². The Morgan fingerprint density at radius 1 is 1.09 bits per heavy atom. The number of aromatic carboxylic acids is 1. The molecule has 8 nitrogen and oxygen atoms in total. The molecule has 3 N–H and O–H groups in total. The number of halogens is 1. The van der Waals surface area contributed by atoms with E-state index in [1.54, 1.807) is 55.5 Å². The van der Waals surface area contributed by atoms with Gasteiger partial charge in [0.15, 0.2) is 6.10 Å². The molecule has 1 aromatic heterocycles. The third-order valence-corrected chi connectivity index (χ3v) is 5.45. The highest BCUT2D eigenvalue weighted by atomic mass is 35.5. The maximum atomic E-state index is 13.0. The van der Waals surface area contributed by atoms with Crippen LogP contribution in [0.15, 0.2) is 66.9 Å². The number of ether oxygens (including phenoxy) is 1. The van der Waals surface area contributed by atoms with Crippen LogP contribution in [-0.2, 0) is 16.0 Å². The fourth-order valence-electron chi connectivity index (χ4n) is 3.42. The zero-order chi connectivity index (χ0) is 24.7. The van der Waals surface area contributed by atoms with Crippen molar-refractivity contribution in [3.63, 3.8) is 0 Å². The minimum atomic E-state index is -1.64. The largest absolute Gasteiger partial charge is 0.478 e. The number of benzene rings is 2. The average Bonchev–Trinajstić information content (AvgIpc) is 2.84. The van der Waals surface area contributed by atoms with Crippen LogP contribution in [0.5, 0.6) is 0 Å². The van der Waals surface area contributed by atoms with Gasteiger partial charge in [0, 0.05) is 11.2 Å². The molecule has 0 fully saturated rings. The Morgan fingerprint density at radius 3 is 2.50 bits per heavy atom. The Labute approximate surface area is 201 Å². The SMILES string of the molecule is CCOC(=O)C(O)C(Cc1ccccc1Cl)NC(=O)c1cc(-c2ccccc2C(=O)O)ccn1. The molecule has 176 valence electrons. The third kappa shape index (κ3) is 5.98. The molecule has 2 unspecified atom stereocenters. The molecule has 0 saturated heterocycles. The van der Waals surface area contributed by atoms with Gasteiger partial charge in [-0.3, -0.25) is 9.78 Å². The second-order valence-electron chi connectivity index (χ2n) is 7.35. The normalized spacial score (nSPS) is 12.4. The number of aliphatic hydroxyl groups excluding tert-OH is 1. The number of nitrogens with zero attached hydrogens (tertiary/aromatic N) is 1. The molecular weight excluding hydrogens is 460 g/mol. The lowest BCUT2D eigenvalue weighted by Crippen LogP contribution is -2.49. The summed E-state index contributed by atoms with van der Waals surface area (Å²) in [6.45, 7) is 1.67. The number of aliphatic hydroxyl groups is 1. The molecule has 0 saturated carbocycles. The first-order chi connectivity index (χ1) is 16.3. The number of rotatable bonds is 9. The lowest BCUT2D eigenvalue weighted by molar-refractivity contribution is -0.154. The van der Waals surface area contributed by atoms with Crippen LogP contribution >= 0.6 is 11.6 Å². The fourth-order valence-corrected chi connectivity index (χ4v) is 3.63. The van der Waals surface area contributed by atoms with Gasteiger partial charge in [-0.25, -0.2) is 9.59 Å². The number of hydrogen-bond acceptors (Lipinski definition) is 6. The zero-order valence-corrected chi connectivity index (χ0v) is 19.0. The molecular formula is C25H23ClN2O6. The van der Waals surface area contributed by atoms with E-state index in [-0.39, 0.29) is 24.3 Å². The van der Waals surface area contributed by atoms with Crippen molar-refractivity contribution in [1.82, 2.24) is 10.3 Å². The van der Waals surface area contributed by atoms with Crippen LogP contribution < -0.4 is 5.32 Å². The van der Waals surface area contributed by atoms with E-state index in [9.17, 15) is 24.6 Å².